The summed E-state index contributed by atoms with van der Waals surface area (Å²) >= 11 is 0. The number of primary amides is 1. The van der Waals surface area contributed by atoms with E-state index in [-0.39, 0.29) is 23.7 Å². The molecule has 0 fully saturated rings. The molecule has 0 unspecified atom stereocenters. The summed E-state index contributed by atoms with van der Waals surface area (Å²) < 4.78 is 15.3. The Morgan fingerprint density at radius 3 is 2.77 bits per heavy atom. The molecular formula is C15H13FN4O2. The number of nitrogen functional groups attached to an aromatic ring is 1. The van der Waals surface area contributed by atoms with Crippen LogP contribution in [-0.4, -0.2) is 20.8 Å². The topological polar surface area (TPSA) is 107 Å². The highest BCUT2D eigenvalue weighted by molar-refractivity contribution is 5.93. The normalized spacial score (nSPS) is 11.0. The number of aromatic hydroxyl groups is 1. The molecule has 1 amide bonds. The molecule has 0 aliphatic heterocycles. The predicted octanol–water partition coefficient (Wildman–Crippen LogP) is 1.62. The van der Waals surface area contributed by atoms with Gasteiger partial charge in [0.1, 0.15) is 18.1 Å². The number of anilines is 1. The molecule has 3 rings (SSSR count). The van der Waals surface area contributed by atoms with Crippen molar-refractivity contribution in [2.45, 2.75) is 6.54 Å². The summed E-state index contributed by atoms with van der Waals surface area (Å²) in [5, 5.41) is 14.5. The summed E-state index contributed by atoms with van der Waals surface area (Å²) in [6.45, 7) is -0.138. The number of rotatable bonds is 3. The number of carbonyl (C=O) groups excluding carboxylic acids is 1. The van der Waals surface area contributed by atoms with Gasteiger partial charge in [-0.05, 0) is 29.8 Å². The van der Waals surface area contributed by atoms with Gasteiger partial charge in [-0.2, -0.15) is 5.10 Å². The Balaban J connectivity index is 2.23. The van der Waals surface area contributed by atoms with Crippen LogP contribution in [0.25, 0.3) is 22.0 Å². The number of carbonyl (C=O) groups is 1. The largest absolute Gasteiger partial charge is 0.507 e. The summed E-state index contributed by atoms with van der Waals surface area (Å²) in [7, 11) is 0. The predicted molar refractivity (Wildman–Crippen MR) is 80.4 cm³/mol. The van der Waals surface area contributed by atoms with Crippen molar-refractivity contribution in [3.05, 3.63) is 42.2 Å². The number of phenolic OH excluding ortho intramolecular Hbond substituents is 1. The molecule has 0 saturated carbocycles. The maximum Gasteiger partial charge on any atom is 0.239 e. The minimum absolute atomic E-state index is 0.0785. The van der Waals surface area contributed by atoms with E-state index in [1.165, 1.54) is 22.9 Å². The van der Waals surface area contributed by atoms with Crippen LogP contribution >= 0.6 is 0 Å². The van der Waals surface area contributed by atoms with Crippen molar-refractivity contribution in [2.75, 3.05) is 5.73 Å². The Hall–Kier alpha value is -3.09. The van der Waals surface area contributed by atoms with E-state index in [0.29, 0.717) is 16.5 Å². The molecule has 1 aromatic heterocycles. The number of phenols is 1. The number of halogens is 1. The van der Waals surface area contributed by atoms with Crippen molar-refractivity contribution >= 4 is 22.6 Å². The lowest BCUT2D eigenvalue weighted by Crippen LogP contribution is -2.19. The lowest BCUT2D eigenvalue weighted by atomic mass is 10.0. The van der Waals surface area contributed by atoms with Gasteiger partial charge in [-0.1, -0.05) is 12.1 Å². The van der Waals surface area contributed by atoms with Crippen LogP contribution in [0, 0.1) is 5.82 Å². The van der Waals surface area contributed by atoms with E-state index in [9.17, 15) is 14.3 Å². The second-order valence-electron chi connectivity index (χ2n) is 4.88. The second-order valence-corrected chi connectivity index (χ2v) is 4.88. The van der Waals surface area contributed by atoms with Crippen molar-refractivity contribution in [1.82, 2.24) is 9.78 Å². The fourth-order valence-electron chi connectivity index (χ4n) is 2.42. The van der Waals surface area contributed by atoms with E-state index in [1.54, 1.807) is 18.2 Å². The Morgan fingerprint density at radius 1 is 1.32 bits per heavy atom. The Kier molecular flexibility index (Phi) is 3.17. The van der Waals surface area contributed by atoms with E-state index in [1.807, 2.05) is 0 Å². The van der Waals surface area contributed by atoms with Crippen molar-refractivity contribution in [1.29, 1.82) is 0 Å². The molecule has 5 N–H and O–H groups in total. The number of nitrogens with two attached hydrogens (primary N) is 2. The van der Waals surface area contributed by atoms with E-state index in [2.05, 4.69) is 5.10 Å². The molecule has 0 atom stereocenters. The van der Waals surface area contributed by atoms with Crippen molar-refractivity contribution < 1.29 is 14.3 Å². The van der Waals surface area contributed by atoms with Crippen LogP contribution in [0.4, 0.5) is 10.2 Å². The van der Waals surface area contributed by atoms with Gasteiger partial charge in [0, 0.05) is 5.39 Å². The molecule has 0 spiro atoms. The number of fused-ring (bicyclic) bond motifs is 1. The van der Waals surface area contributed by atoms with E-state index < -0.39 is 11.7 Å². The third kappa shape index (κ3) is 2.22. The maximum atomic E-state index is 14.0. The molecule has 22 heavy (non-hydrogen) atoms. The van der Waals surface area contributed by atoms with Crippen LogP contribution < -0.4 is 11.5 Å². The lowest BCUT2D eigenvalue weighted by molar-refractivity contribution is -0.118. The molecule has 7 heteroatoms. The zero-order valence-corrected chi connectivity index (χ0v) is 11.5. The second kappa shape index (κ2) is 5.03. The van der Waals surface area contributed by atoms with Gasteiger partial charge in [-0.25, -0.2) is 4.39 Å². The molecule has 0 saturated heterocycles. The summed E-state index contributed by atoms with van der Waals surface area (Å²) in [6, 6.07) is 8.98. The average Bonchev–Trinajstić information content (AvgIpc) is 2.74. The Morgan fingerprint density at radius 2 is 2.09 bits per heavy atom. The highest BCUT2D eigenvalue weighted by Gasteiger charge is 2.15. The quantitative estimate of drug-likeness (QED) is 0.683. The van der Waals surface area contributed by atoms with Gasteiger partial charge in [-0.3, -0.25) is 9.48 Å². The maximum absolute atomic E-state index is 14.0. The third-order valence-corrected chi connectivity index (χ3v) is 3.37. The summed E-state index contributed by atoms with van der Waals surface area (Å²) in [4.78, 5) is 11.1. The van der Waals surface area contributed by atoms with Crippen LogP contribution in [0.1, 0.15) is 0 Å². The fraction of sp³-hybridized carbons (Fsp3) is 0.0667. The Labute approximate surface area is 124 Å². The fourth-order valence-corrected chi connectivity index (χ4v) is 2.42. The van der Waals surface area contributed by atoms with Gasteiger partial charge in [0.2, 0.25) is 5.91 Å². The van der Waals surface area contributed by atoms with Gasteiger partial charge in [0.25, 0.3) is 0 Å². The molecule has 1 heterocycles. The van der Waals surface area contributed by atoms with Crippen molar-refractivity contribution in [3.63, 3.8) is 0 Å². The smallest absolute Gasteiger partial charge is 0.239 e. The molecule has 0 radical (unpaired) electrons. The SMILES string of the molecule is NC(=O)Cn1nc(N)c2ccc(-c3c(O)cccc3F)cc21. The van der Waals surface area contributed by atoms with E-state index in [0.717, 1.165) is 0 Å². The van der Waals surface area contributed by atoms with Gasteiger partial charge in [0.15, 0.2) is 5.82 Å². The van der Waals surface area contributed by atoms with E-state index >= 15 is 0 Å². The number of benzene rings is 2. The van der Waals surface area contributed by atoms with Gasteiger partial charge < -0.3 is 16.6 Å². The highest BCUT2D eigenvalue weighted by atomic mass is 19.1. The number of aromatic nitrogens is 2. The highest BCUT2D eigenvalue weighted by Crippen LogP contribution is 2.34. The molecule has 112 valence electrons. The van der Waals surface area contributed by atoms with Crippen LogP contribution in [0.3, 0.4) is 0 Å². The standard InChI is InChI=1S/C15H13FN4O2/c16-10-2-1-3-12(21)14(10)8-4-5-9-11(6-8)20(7-13(17)22)19-15(9)18/h1-6,21H,7H2,(H2,17,22)(H2,18,19). The molecule has 6 nitrogen and oxygen atoms in total. The minimum atomic E-state index is -0.566. The van der Waals surface area contributed by atoms with Crippen LogP contribution in [0.15, 0.2) is 36.4 Å². The first kappa shape index (κ1) is 13.9. The number of hydrogen-bond acceptors (Lipinski definition) is 4. The zero-order chi connectivity index (χ0) is 15.9. The van der Waals surface area contributed by atoms with Crippen molar-refractivity contribution in [3.8, 4) is 16.9 Å². The van der Waals surface area contributed by atoms with Crippen LogP contribution in [0.2, 0.25) is 0 Å². The third-order valence-electron chi connectivity index (χ3n) is 3.37. The van der Waals surface area contributed by atoms with Gasteiger partial charge in [-0.15, -0.1) is 0 Å². The van der Waals surface area contributed by atoms with Gasteiger partial charge >= 0.3 is 0 Å². The van der Waals surface area contributed by atoms with Crippen LogP contribution in [0.5, 0.6) is 5.75 Å². The van der Waals surface area contributed by atoms with Crippen molar-refractivity contribution in [2.24, 2.45) is 5.73 Å². The number of nitrogens with zero attached hydrogens (tertiary/aromatic N) is 2. The summed E-state index contributed by atoms with van der Waals surface area (Å²) in [5.41, 5.74) is 12.0. The van der Waals surface area contributed by atoms with Crippen LogP contribution in [-0.2, 0) is 11.3 Å². The first-order valence-electron chi connectivity index (χ1n) is 6.49. The molecule has 3 aromatic rings. The molecule has 0 aliphatic carbocycles. The first-order valence-corrected chi connectivity index (χ1v) is 6.49. The van der Waals surface area contributed by atoms with Gasteiger partial charge in [0.05, 0.1) is 11.1 Å². The molecule has 0 bridgehead atoms. The molecular weight excluding hydrogens is 287 g/mol. The lowest BCUT2D eigenvalue weighted by Gasteiger charge is -2.07. The summed E-state index contributed by atoms with van der Waals surface area (Å²) in [6.07, 6.45) is 0. The Bertz CT molecular complexity index is 868. The average molecular weight is 300 g/mol. The first-order chi connectivity index (χ1) is 10.5. The molecule has 2 aromatic carbocycles. The zero-order valence-electron chi connectivity index (χ0n) is 11.5. The number of hydrogen-bond donors (Lipinski definition) is 3. The number of amides is 1. The van der Waals surface area contributed by atoms with E-state index in [4.69, 9.17) is 11.5 Å². The molecule has 0 aliphatic rings. The summed E-state index contributed by atoms with van der Waals surface area (Å²) in [5.74, 6) is -1.04. The monoisotopic (exact) mass is 300 g/mol. The minimum Gasteiger partial charge on any atom is -0.507 e.